The van der Waals surface area contributed by atoms with Gasteiger partial charge in [0.2, 0.25) is 0 Å². The summed E-state index contributed by atoms with van der Waals surface area (Å²) in [4.78, 5) is 14.7. The Hall–Kier alpha value is -3.17. The number of benzene rings is 1. The molecule has 152 valence electrons. The fourth-order valence-electron chi connectivity index (χ4n) is 2.38. The van der Waals surface area contributed by atoms with Crippen molar-refractivity contribution in [2.75, 3.05) is 19.6 Å². The fourth-order valence-corrected chi connectivity index (χ4v) is 2.38. The minimum Gasteiger partial charge on any atom is -0.488 e. The summed E-state index contributed by atoms with van der Waals surface area (Å²) in [5.41, 5.74) is -0.0409. The van der Waals surface area contributed by atoms with Gasteiger partial charge in [-0.2, -0.15) is 5.10 Å². The molecule has 0 aliphatic heterocycles. The molecule has 28 heavy (non-hydrogen) atoms. The van der Waals surface area contributed by atoms with Crippen LogP contribution in [-0.2, 0) is 6.54 Å². The Morgan fingerprint density at radius 1 is 1.43 bits per heavy atom. The molecule has 2 aromatic rings. The Bertz CT molecular complexity index is 795. The first-order valence-corrected chi connectivity index (χ1v) is 9.13. The largest absolute Gasteiger partial charge is 0.488 e. The van der Waals surface area contributed by atoms with Crippen LogP contribution in [-0.4, -0.2) is 46.4 Å². The molecular weight excluding hydrogens is 367 g/mol. The monoisotopic (exact) mass is 392 g/mol. The molecule has 0 bridgehead atoms. The van der Waals surface area contributed by atoms with Crippen LogP contribution in [0.25, 0.3) is 0 Å². The highest BCUT2D eigenvalue weighted by Crippen LogP contribution is 2.15. The van der Waals surface area contributed by atoms with E-state index in [-0.39, 0.29) is 17.6 Å². The van der Waals surface area contributed by atoms with E-state index >= 15 is 0 Å². The molecule has 0 radical (unpaired) electrons. The molecule has 1 atom stereocenters. The number of aromatic nitrogens is 2. The quantitative estimate of drug-likeness (QED) is 0.278. The predicted molar refractivity (Wildman–Crippen MR) is 104 cm³/mol. The van der Waals surface area contributed by atoms with Gasteiger partial charge in [0.15, 0.2) is 5.96 Å². The van der Waals surface area contributed by atoms with Gasteiger partial charge in [-0.05, 0) is 25.5 Å². The molecule has 0 saturated carbocycles. The average Bonchev–Trinajstić information content (AvgIpc) is 3.14. The lowest BCUT2D eigenvalue weighted by atomic mass is 10.2. The summed E-state index contributed by atoms with van der Waals surface area (Å²) in [5, 5.41) is 20.9. The van der Waals surface area contributed by atoms with Crippen LogP contribution in [0.15, 0.2) is 41.7 Å². The second-order valence-electron chi connectivity index (χ2n) is 5.97. The summed E-state index contributed by atoms with van der Waals surface area (Å²) in [7, 11) is 0. The van der Waals surface area contributed by atoms with Crippen molar-refractivity contribution in [2.24, 2.45) is 4.99 Å². The second-order valence-corrected chi connectivity index (χ2v) is 5.97. The predicted octanol–water partition coefficient (Wildman–Crippen LogP) is 2.34. The highest BCUT2D eigenvalue weighted by atomic mass is 19.1. The maximum absolute atomic E-state index is 13.3. The number of nitro groups is 1. The Morgan fingerprint density at radius 3 is 2.89 bits per heavy atom. The molecule has 10 heteroatoms. The molecule has 9 nitrogen and oxygen atoms in total. The summed E-state index contributed by atoms with van der Waals surface area (Å²) >= 11 is 0. The van der Waals surface area contributed by atoms with Crippen molar-refractivity contribution in [3.8, 4) is 5.75 Å². The summed E-state index contributed by atoms with van der Waals surface area (Å²) in [5.74, 6) is 0.732. The molecule has 0 aliphatic rings. The van der Waals surface area contributed by atoms with Crippen LogP contribution in [0.2, 0.25) is 0 Å². The van der Waals surface area contributed by atoms with Gasteiger partial charge in [0.05, 0.1) is 18.0 Å². The molecule has 2 N–H and O–H groups in total. The first-order chi connectivity index (χ1) is 13.5. The van der Waals surface area contributed by atoms with E-state index in [0.29, 0.717) is 37.9 Å². The Kier molecular flexibility index (Phi) is 8.19. The standard InChI is InChI=1S/C18H25FN6O3/c1-3-16(28-17-7-5-6-14(19)10-17)12-22-18(20-4-2)21-8-9-24-13-15(11-23-24)25(26)27/h5-7,10-11,13,16H,3-4,8-9,12H2,1-2H3,(H2,20,21,22). The van der Waals surface area contributed by atoms with Gasteiger partial charge in [0.1, 0.15) is 30.1 Å². The van der Waals surface area contributed by atoms with E-state index in [1.807, 2.05) is 13.8 Å². The number of hydrogen-bond donors (Lipinski definition) is 2. The van der Waals surface area contributed by atoms with Gasteiger partial charge in [0.25, 0.3) is 0 Å². The molecule has 0 saturated heterocycles. The molecule has 2 rings (SSSR count). The van der Waals surface area contributed by atoms with Gasteiger partial charge >= 0.3 is 5.69 Å². The van der Waals surface area contributed by atoms with Crippen LogP contribution in [0.4, 0.5) is 10.1 Å². The lowest BCUT2D eigenvalue weighted by Gasteiger charge is -2.17. The van der Waals surface area contributed by atoms with Gasteiger partial charge < -0.3 is 15.4 Å². The molecule has 0 fully saturated rings. The van der Waals surface area contributed by atoms with E-state index in [2.05, 4.69) is 20.7 Å². The van der Waals surface area contributed by atoms with Gasteiger partial charge in [-0.1, -0.05) is 13.0 Å². The summed E-state index contributed by atoms with van der Waals surface area (Å²) in [6, 6.07) is 6.03. The van der Waals surface area contributed by atoms with E-state index in [1.165, 1.54) is 29.2 Å². The molecule has 1 heterocycles. The molecule has 1 aromatic heterocycles. The number of hydrogen-bond acceptors (Lipinski definition) is 5. The molecule has 1 aromatic carbocycles. The van der Waals surface area contributed by atoms with E-state index in [0.717, 1.165) is 6.42 Å². The summed E-state index contributed by atoms with van der Waals surface area (Å²) in [6.45, 7) is 5.96. The number of halogens is 1. The Balaban J connectivity index is 1.87. The van der Waals surface area contributed by atoms with E-state index in [9.17, 15) is 14.5 Å². The number of aliphatic imine (C=N–C) groups is 1. The third-order valence-corrected chi connectivity index (χ3v) is 3.82. The van der Waals surface area contributed by atoms with Crippen LogP contribution < -0.4 is 15.4 Å². The van der Waals surface area contributed by atoms with Crippen molar-refractivity contribution in [1.82, 2.24) is 20.4 Å². The second kappa shape index (κ2) is 10.9. The minimum atomic E-state index is -0.480. The van der Waals surface area contributed by atoms with Crippen LogP contribution in [0.1, 0.15) is 20.3 Å². The molecule has 0 spiro atoms. The Morgan fingerprint density at radius 2 is 2.25 bits per heavy atom. The highest BCUT2D eigenvalue weighted by Gasteiger charge is 2.10. The average molecular weight is 392 g/mol. The number of ether oxygens (including phenoxy) is 1. The van der Waals surface area contributed by atoms with Crippen LogP contribution in [0.5, 0.6) is 5.75 Å². The van der Waals surface area contributed by atoms with Crippen molar-refractivity contribution < 1.29 is 14.1 Å². The maximum Gasteiger partial charge on any atom is 0.306 e. The van der Waals surface area contributed by atoms with Crippen molar-refractivity contribution in [3.05, 3.63) is 52.6 Å². The van der Waals surface area contributed by atoms with Crippen LogP contribution >= 0.6 is 0 Å². The number of guanidine groups is 1. The lowest BCUT2D eigenvalue weighted by molar-refractivity contribution is -0.385. The zero-order chi connectivity index (χ0) is 20.4. The van der Waals surface area contributed by atoms with Gasteiger partial charge in [0, 0.05) is 19.2 Å². The number of nitrogens with one attached hydrogen (secondary N) is 2. The Labute approximate surface area is 162 Å². The molecule has 0 aliphatic carbocycles. The third kappa shape index (κ3) is 6.86. The van der Waals surface area contributed by atoms with Crippen molar-refractivity contribution in [3.63, 3.8) is 0 Å². The van der Waals surface area contributed by atoms with Crippen molar-refractivity contribution in [2.45, 2.75) is 32.9 Å². The SMILES string of the molecule is CCNC(=NCC(CC)Oc1cccc(F)c1)NCCn1cc([N+](=O)[O-])cn1. The van der Waals surface area contributed by atoms with E-state index in [1.54, 1.807) is 12.1 Å². The third-order valence-electron chi connectivity index (χ3n) is 3.82. The molecular formula is C18H25FN6O3. The van der Waals surface area contributed by atoms with Gasteiger partial charge in [-0.15, -0.1) is 0 Å². The maximum atomic E-state index is 13.3. The normalized spacial score (nSPS) is 12.5. The highest BCUT2D eigenvalue weighted by molar-refractivity contribution is 5.79. The van der Waals surface area contributed by atoms with Gasteiger partial charge in [-0.3, -0.25) is 14.8 Å². The first-order valence-electron chi connectivity index (χ1n) is 9.13. The summed E-state index contributed by atoms with van der Waals surface area (Å²) < 4.78 is 20.6. The molecule has 0 amide bonds. The zero-order valence-electron chi connectivity index (χ0n) is 16.0. The van der Waals surface area contributed by atoms with Crippen LogP contribution in [0.3, 0.4) is 0 Å². The van der Waals surface area contributed by atoms with Crippen molar-refractivity contribution >= 4 is 11.6 Å². The zero-order valence-corrected chi connectivity index (χ0v) is 16.0. The number of nitrogens with zero attached hydrogens (tertiary/aromatic N) is 4. The minimum absolute atomic E-state index is 0.0409. The first kappa shape index (κ1) is 21.1. The van der Waals surface area contributed by atoms with E-state index < -0.39 is 4.92 Å². The van der Waals surface area contributed by atoms with Gasteiger partial charge in [-0.25, -0.2) is 9.38 Å². The smallest absolute Gasteiger partial charge is 0.306 e. The summed E-state index contributed by atoms with van der Waals surface area (Å²) in [6.07, 6.45) is 3.13. The topological polar surface area (TPSA) is 107 Å². The lowest BCUT2D eigenvalue weighted by Crippen LogP contribution is -2.39. The van der Waals surface area contributed by atoms with E-state index in [4.69, 9.17) is 4.74 Å². The van der Waals surface area contributed by atoms with Crippen LogP contribution in [0, 0.1) is 15.9 Å². The molecule has 1 unspecified atom stereocenters. The fraction of sp³-hybridized carbons (Fsp3) is 0.444. The van der Waals surface area contributed by atoms with Crippen molar-refractivity contribution in [1.29, 1.82) is 0 Å². The number of rotatable bonds is 10.